The van der Waals surface area contributed by atoms with Gasteiger partial charge in [-0.1, -0.05) is 18.2 Å². The third-order valence-corrected chi connectivity index (χ3v) is 2.83. The number of anilines is 1. The largest absolute Gasteiger partial charge is 0.497 e. The summed E-state index contributed by atoms with van der Waals surface area (Å²) in [5.74, 6) is 0.315. The van der Waals surface area contributed by atoms with Gasteiger partial charge in [0.05, 0.1) is 19.8 Å². The Kier molecular flexibility index (Phi) is 3.71. The molecule has 0 aliphatic heterocycles. The summed E-state index contributed by atoms with van der Waals surface area (Å²) in [6.45, 7) is 0. The first-order valence-electron chi connectivity index (χ1n) is 5.78. The third kappa shape index (κ3) is 2.68. The van der Waals surface area contributed by atoms with Gasteiger partial charge in [-0.2, -0.15) is 0 Å². The SMILES string of the molecule is COC(=O)c1cc(N)ccc1-c1cccc(OC)c1. The second kappa shape index (κ2) is 5.44. The van der Waals surface area contributed by atoms with Crippen molar-refractivity contribution in [2.45, 2.75) is 0 Å². The number of benzene rings is 2. The van der Waals surface area contributed by atoms with E-state index in [1.165, 1.54) is 7.11 Å². The van der Waals surface area contributed by atoms with E-state index < -0.39 is 5.97 Å². The van der Waals surface area contributed by atoms with Crippen LogP contribution >= 0.6 is 0 Å². The van der Waals surface area contributed by atoms with Gasteiger partial charge in [-0.3, -0.25) is 0 Å². The van der Waals surface area contributed by atoms with E-state index in [0.29, 0.717) is 11.3 Å². The summed E-state index contributed by atoms with van der Waals surface area (Å²) < 4.78 is 9.97. The average molecular weight is 257 g/mol. The lowest BCUT2D eigenvalue weighted by molar-refractivity contribution is 0.0601. The quantitative estimate of drug-likeness (QED) is 0.678. The average Bonchev–Trinajstić information content (AvgIpc) is 2.46. The number of carbonyl (C=O) groups is 1. The predicted octanol–water partition coefficient (Wildman–Crippen LogP) is 2.73. The fraction of sp³-hybridized carbons (Fsp3) is 0.133. The molecule has 19 heavy (non-hydrogen) atoms. The Labute approximate surface area is 111 Å². The number of carbonyl (C=O) groups excluding carboxylic acids is 1. The molecule has 0 aliphatic carbocycles. The predicted molar refractivity (Wildman–Crippen MR) is 74.2 cm³/mol. The highest BCUT2D eigenvalue weighted by molar-refractivity contribution is 5.98. The van der Waals surface area contributed by atoms with Crippen LogP contribution in [0, 0.1) is 0 Å². The lowest BCUT2D eigenvalue weighted by atomic mass is 9.99. The summed E-state index contributed by atoms with van der Waals surface area (Å²) in [5.41, 5.74) is 8.32. The number of nitrogens with two attached hydrogens (primary N) is 1. The van der Waals surface area contributed by atoms with Crippen molar-refractivity contribution >= 4 is 11.7 Å². The first-order valence-corrected chi connectivity index (χ1v) is 5.78. The van der Waals surface area contributed by atoms with Crippen LogP contribution in [-0.2, 0) is 4.74 Å². The molecule has 0 aliphatic rings. The van der Waals surface area contributed by atoms with E-state index in [9.17, 15) is 4.79 Å². The molecule has 0 aromatic heterocycles. The van der Waals surface area contributed by atoms with E-state index >= 15 is 0 Å². The Morgan fingerprint density at radius 1 is 1.11 bits per heavy atom. The van der Waals surface area contributed by atoms with Crippen molar-refractivity contribution in [2.24, 2.45) is 0 Å². The van der Waals surface area contributed by atoms with E-state index in [1.807, 2.05) is 24.3 Å². The number of ether oxygens (including phenoxy) is 2. The van der Waals surface area contributed by atoms with Crippen LogP contribution in [0.2, 0.25) is 0 Å². The van der Waals surface area contributed by atoms with E-state index in [4.69, 9.17) is 15.2 Å². The van der Waals surface area contributed by atoms with Gasteiger partial charge in [-0.05, 0) is 35.4 Å². The van der Waals surface area contributed by atoms with Gasteiger partial charge in [0.1, 0.15) is 5.75 Å². The van der Waals surface area contributed by atoms with Gasteiger partial charge in [0.25, 0.3) is 0 Å². The van der Waals surface area contributed by atoms with Gasteiger partial charge >= 0.3 is 5.97 Å². The fourth-order valence-electron chi connectivity index (χ4n) is 1.88. The maximum atomic E-state index is 11.8. The smallest absolute Gasteiger partial charge is 0.338 e. The minimum absolute atomic E-state index is 0.412. The number of rotatable bonds is 3. The molecule has 4 nitrogen and oxygen atoms in total. The van der Waals surface area contributed by atoms with Crippen molar-refractivity contribution in [3.05, 3.63) is 48.0 Å². The summed E-state index contributed by atoms with van der Waals surface area (Å²) in [6.07, 6.45) is 0. The molecule has 0 spiro atoms. The van der Waals surface area contributed by atoms with Gasteiger partial charge in [0, 0.05) is 5.69 Å². The molecule has 0 unspecified atom stereocenters. The lowest BCUT2D eigenvalue weighted by Crippen LogP contribution is -2.04. The van der Waals surface area contributed by atoms with Crippen molar-refractivity contribution in [1.29, 1.82) is 0 Å². The molecule has 0 saturated carbocycles. The zero-order chi connectivity index (χ0) is 13.8. The monoisotopic (exact) mass is 257 g/mol. The molecule has 2 N–H and O–H groups in total. The van der Waals surface area contributed by atoms with E-state index in [-0.39, 0.29) is 0 Å². The fourth-order valence-corrected chi connectivity index (χ4v) is 1.88. The highest BCUT2D eigenvalue weighted by atomic mass is 16.5. The van der Waals surface area contributed by atoms with Crippen molar-refractivity contribution < 1.29 is 14.3 Å². The molecule has 2 rings (SSSR count). The maximum absolute atomic E-state index is 11.8. The van der Waals surface area contributed by atoms with Crippen molar-refractivity contribution in [1.82, 2.24) is 0 Å². The number of hydrogen-bond acceptors (Lipinski definition) is 4. The van der Waals surface area contributed by atoms with Crippen LogP contribution in [0.1, 0.15) is 10.4 Å². The van der Waals surface area contributed by atoms with Crippen LogP contribution < -0.4 is 10.5 Å². The lowest BCUT2D eigenvalue weighted by Gasteiger charge is -2.10. The molecule has 2 aromatic rings. The van der Waals surface area contributed by atoms with Gasteiger partial charge < -0.3 is 15.2 Å². The molecule has 0 atom stereocenters. The second-order valence-corrected chi connectivity index (χ2v) is 4.03. The van der Waals surface area contributed by atoms with Gasteiger partial charge in [-0.25, -0.2) is 4.79 Å². The van der Waals surface area contributed by atoms with Gasteiger partial charge in [0.15, 0.2) is 0 Å². The minimum atomic E-state index is -0.412. The van der Waals surface area contributed by atoms with Crippen molar-refractivity contribution in [3.8, 4) is 16.9 Å². The number of nitrogen functional groups attached to an aromatic ring is 1. The summed E-state index contributed by atoms with van der Waals surface area (Å²) in [7, 11) is 2.95. The van der Waals surface area contributed by atoms with E-state index in [0.717, 1.165) is 16.9 Å². The number of methoxy groups -OCH3 is 2. The zero-order valence-electron chi connectivity index (χ0n) is 10.8. The maximum Gasteiger partial charge on any atom is 0.338 e. The molecule has 0 saturated heterocycles. The molecule has 2 aromatic carbocycles. The topological polar surface area (TPSA) is 61.5 Å². The van der Waals surface area contributed by atoms with Crippen molar-refractivity contribution in [2.75, 3.05) is 20.0 Å². The molecule has 0 bridgehead atoms. The van der Waals surface area contributed by atoms with E-state index in [2.05, 4.69) is 0 Å². The minimum Gasteiger partial charge on any atom is -0.497 e. The highest BCUT2D eigenvalue weighted by Gasteiger charge is 2.14. The first-order chi connectivity index (χ1) is 9.15. The third-order valence-electron chi connectivity index (χ3n) is 2.83. The standard InChI is InChI=1S/C15H15NO3/c1-18-12-5-3-4-10(8-12)13-7-6-11(16)9-14(13)15(17)19-2/h3-9H,16H2,1-2H3. The van der Waals surface area contributed by atoms with Crippen molar-refractivity contribution in [3.63, 3.8) is 0 Å². The van der Waals surface area contributed by atoms with Crippen LogP contribution in [0.4, 0.5) is 5.69 Å². The summed E-state index contributed by atoms with van der Waals surface area (Å²) in [4.78, 5) is 11.8. The number of hydrogen-bond donors (Lipinski definition) is 1. The van der Waals surface area contributed by atoms with Crippen LogP contribution in [-0.4, -0.2) is 20.2 Å². The molecule has 4 heteroatoms. The Bertz CT molecular complexity index is 608. The molecular weight excluding hydrogens is 242 g/mol. The summed E-state index contributed by atoms with van der Waals surface area (Å²) in [6, 6.07) is 12.6. The first kappa shape index (κ1) is 13.0. The van der Waals surface area contributed by atoms with Gasteiger partial charge in [-0.15, -0.1) is 0 Å². The Balaban J connectivity index is 2.57. The van der Waals surface area contributed by atoms with Crippen LogP contribution in [0.15, 0.2) is 42.5 Å². The zero-order valence-corrected chi connectivity index (χ0v) is 10.8. The second-order valence-electron chi connectivity index (χ2n) is 4.03. The molecule has 0 heterocycles. The Morgan fingerprint density at radius 2 is 1.89 bits per heavy atom. The van der Waals surface area contributed by atoms with Crippen LogP contribution in [0.5, 0.6) is 5.75 Å². The van der Waals surface area contributed by atoms with Crippen LogP contribution in [0.25, 0.3) is 11.1 Å². The molecule has 0 amide bonds. The Hall–Kier alpha value is -2.49. The summed E-state index contributed by atoms with van der Waals surface area (Å²) in [5, 5.41) is 0. The van der Waals surface area contributed by atoms with E-state index in [1.54, 1.807) is 25.3 Å². The normalized spacial score (nSPS) is 10.0. The molecule has 0 radical (unpaired) electrons. The van der Waals surface area contributed by atoms with Crippen LogP contribution in [0.3, 0.4) is 0 Å². The molecule has 98 valence electrons. The van der Waals surface area contributed by atoms with Gasteiger partial charge in [0.2, 0.25) is 0 Å². The summed E-state index contributed by atoms with van der Waals surface area (Å²) >= 11 is 0. The molecule has 0 fully saturated rings. The number of esters is 1. The highest BCUT2D eigenvalue weighted by Crippen LogP contribution is 2.28. The Morgan fingerprint density at radius 3 is 2.58 bits per heavy atom. The molecular formula is C15H15NO3.